The molecule has 2 rings (SSSR count). The molecule has 0 aliphatic carbocycles. The molecule has 0 heterocycles. The van der Waals surface area contributed by atoms with Gasteiger partial charge >= 0.3 is 6.18 Å². The van der Waals surface area contributed by atoms with E-state index in [1.54, 1.807) is 7.11 Å². The quantitative estimate of drug-likeness (QED) is 0.610. The van der Waals surface area contributed by atoms with Gasteiger partial charge in [-0.05, 0) is 48.2 Å². The fourth-order valence-electron chi connectivity index (χ4n) is 2.74. The van der Waals surface area contributed by atoms with Crippen LogP contribution in [0.15, 0.2) is 42.5 Å². The highest BCUT2D eigenvalue weighted by Gasteiger charge is 2.31. The molecule has 0 radical (unpaired) electrons. The Bertz CT molecular complexity index is 824. The standard InChI is InChI=1S/C21H24ClF3N2O2/c1-13(2)19(27-18-9-6-15(12-17(18)22)21(23,24)25)20(28)26-11-10-14-4-7-16(29-3)8-5-14/h4-9,12-13,19,27H,10-11H2,1-3H3,(H,26,28)/t19-/m0/s1. The maximum atomic E-state index is 12.8. The number of hydrogen-bond donors (Lipinski definition) is 2. The van der Waals surface area contributed by atoms with E-state index in [0.29, 0.717) is 13.0 Å². The summed E-state index contributed by atoms with van der Waals surface area (Å²) in [4.78, 5) is 12.6. The van der Waals surface area contributed by atoms with Gasteiger partial charge < -0.3 is 15.4 Å². The van der Waals surface area contributed by atoms with Gasteiger partial charge in [-0.25, -0.2) is 0 Å². The molecule has 0 aliphatic rings. The lowest BCUT2D eigenvalue weighted by atomic mass is 10.0. The average molecular weight is 429 g/mol. The first-order valence-corrected chi connectivity index (χ1v) is 9.53. The van der Waals surface area contributed by atoms with E-state index in [2.05, 4.69) is 10.6 Å². The first kappa shape index (κ1) is 22.9. The Kier molecular flexibility index (Phi) is 7.79. The molecule has 1 atom stereocenters. The molecule has 1 amide bonds. The van der Waals surface area contributed by atoms with Crippen molar-refractivity contribution in [3.63, 3.8) is 0 Å². The van der Waals surface area contributed by atoms with Crippen LogP contribution in [0, 0.1) is 5.92 Å². The third-order valence-corrected chi connectivity index (χ3v) is 4.74. The van der Waals surface area contributed by atoms with E-state index >= 15 is 0 Å². The van der Waals surface area contributed by atoms with Gasteiger partial charge in [0.25, 0.3) is 0 Å². The van der Waals surface area contributed by atoms with Gasteiger partial charge in [-0.3, -0.25) is 4.79 Å². The van der Waals surface area contributed by atoms with Crippen molar-refractivity contribution in [2.75, 3.05) is 19.0 Å². The molecule has 0 aromatic heterocycles. The van der Waals surface area contributed by atoms with Crippen molar-refractivity contribution in [1.82, 2.24) is 5.32 Å². The summed E-state index contributed by atoms with van der Waals surface area (Å²) in [6.07, 6.45) is -3.83. The lowest BCUT2D eigenvalue weighted by Crippen LogP contribution is -2.43. The molecule has 0 bridgehead atoms. The van der Waals surface area contributed by atoms with E-state index in [1.165, 1.54) is 6.07 Å². The monoisotopic (exact) mass is 428 g/mol. The zero-order chi connectivity index (χ0) is 21.6. The first-order chi connectivity index (χ1) is 13.6. The zero-order valence-corrected chi connectivity index (χ0v) is 17.2. The number of amides is 1. The molecule has 0 spiro atoms. The molecule has 8 heteroatoms. The highest BCUT2D eigenvalue weighted by Crippen LogP contribution is 2.34. The van der Waals surface area contributed by atoms with E-state index in [0.717, 1.165) is 23.4 Å². The summed E-state index contributed by atoms with van der Waals surface area (Å²) in [6.45, 7) is 4.12. The SMILES string of the molecule is COc1ccc(CCNC(=O)[C@@H](Nc2ccc(C(F)(F)F)cc2Cl)C(C)C)cc1. The maximum absolute atomic E-state index is 12.8. The molecule has 4 nitrogen and oxygen atoms in total. The van der Waals surface area contributed by atoms with Crippen LogP contribution in [0.2, 0.25) is 5.02 Å². The van der Waals surface area contributed by atoms with Gasteiger partial charge in [0.2, 0.25) is 5.91 Å². The Morgan fingerprint density at radius 3 is 2.31 bits per heavy atom. The predicted molar refractivity (Wildman–Crippen MR) is 108 cm³/mol. The Hall–Kier alpha value is -2.41. The van der Waals surface area contributed by atoms with Gasteiger partial charge in [-0.2, -0.15) is 13.2 Å². The minimum absolute atomic E-state index is 0.0866. The second-order valence-electron chi connectivity index (χ2n) is 6.95. The van der Waals surface area contributed by atoms with Crippen LogP contribution in [-0.2, 0) is 17.4 Å². The molecule has 2 N–H and O–H groups in total. The van der Waals surface area contributed by atoms with Crippen molar-refractivity contribution >= 4 is 23.2 Å². The van der Waals surface area contributed by atoms with Gasteiger partial charge in [0.1, 0.15) is 11.8 Å². The van der Waals surface area contributed by atoms with Crippen LogP contribution in [0.5, 0.6) is 5.75 Å². The van der Waals surface area contributed by atoms with Crippen LogP contribution < -0.4 is 15.4 Å². The molecule has 0 fully saturated rings. The van der Waals surface area contributed by atoms with Gasteiger partial charge in [-0.15, -0.1) is 0 Å². The summed E-state index contributed by atoms with van der Waals surface area (Å²) in [7, 11) is 1.59. The summed E-state index contributed by atoms with van der Waals surface area (Å²) < 4.78 is 43.5. The Morgan fingerprint density at radius 2 is 1.79 bits per heavy atom. The minimum Gasteiger partial charge on any atom is -0.497 e. The number of rotatable bonds is 8. The van der Waals surface area contributed by atoms with Crippen LogP contribution in [0.3, 0.4) is 0 Å². The molecular weight excluding hydrogens is 405 g/mol. The number of halogens is 4. The van der Waals surface area contributed by atoms with Crippen LogP contribution in [0.25, 0.3) is 0 Å². The van der Waals surface area contributed by atoms with Gasteiger partial charge in [0, 0.05) is 6.54 Å². The van der Waals surface area contributed by atoms with E-state index < -0.39 is 17.8 Å². The molecule has 0 unspecified atom stereocenters. The fourth-order valence-corrected chi connectivity index (χ4v) is 2.98. The number of ether oxygens (including phenoxy) is 1. The lowest BCUT2D eigenvalue weighted by molar-refractivity contribution is -0.137. The number of hydrogen-bond acceptors (Lipinski definition) is 3. The average Bonchev–Trinajstić information content (AvgIpc) is 2.66. The Morgan fingerprint density at radius 1 is 1.14 bits per heavy atom. The summed E-state index contributed by atoms with van der Waals surface area (Å²) in [5, 5.41) is 5.74. The van der Waals surface area contributed by atoms with Crippen molar-refractivity contribution in [3.8, 4) is 5.75 Å². The molecule has 158 valence electrons. The zero-order valence-electron chi connectivity index (χ0n) is 16.4. The smallest absolute Gasteiger partial charge is 0.416 e. The van der Waals surface area contributed by atoms with E-state index in [1.807, 2.05) is 38.1 Å². The van der Waals surface area contributed by atoms with Crippen LogP contribution in [-0.4, -0.2) is 25.6 Å². The highest BCUT2D eigenvalue weighted by molar-refractivity contribution is 6.33. The number of anilines is 1. The van der Waals surface area contributed by atoms with Crippen molar-refractivity contribution in [3.05, 3.63) is 58.6 Å². The summed E-state index contributed by atoms with van der Waals surface area (Å²) in [6, 6.07) is 9.93. The van der Waals surface area contributed by atoms with Gasteiger partial charge in [0.05, 0.1) is 23.4 Å². The first-order valence-electron chi connectivity index (χ1n) is 9.15. The third-order valence-electron chi connectivity index (χ3n) is 4.43. The maximum Gasteiger partial charge on any atom is 0.416 e. The van der Waals surface area contributed by atoms with Gasteiger partial charge in [0.15, 0.2) is 0 Å². The van der Waals surface area contributed by atoms with Crippen molar-refractivity contribution in [2.24, 2.45) is 5.92 Å². The van der Waals surface area contributed by atoms with Crippen molar-refractivity contribution < 1.29 is 22.7 Å². The number of methoxy groups -OCH3 is 1. The normalized spacial score (nSPS) is 12.6. The van der Waals surface area contributed by atoms with E-state index in [9.17, 15) is 18.0 Å². The Labute approximate surface area is 173 Å². The number of carbonyl (C=O) groups is 1. The molecule has 0 aliphatic heterocycles. The summed E-state index contributed by atoms with van der Waals surface area (Å²) in [5.41, 5.74) is 0.493. The highest BCUT2D eigenvalue weighted by atomic mass is 35.5. The number of nitrogens with one attached hydrogen (secondary N) is 2. The molecule has 0 saturated carbocycles. The topological polar surface area (TPSA) is 50.4 Å². The van der Waals surface area contributed by atoms with Crippen LogP contribution in [0.4, 0.5) is 18.9 Å². The van der Waals surface area contributed by atoms with Crippen molar-refractivity contribution in [1.29, 1.82) is 0 Å². The molecule has 2 aromatic carbocycles. The summed E-state index contributed by atoms with van der Waals surface area (Å²) in [5.74, 6) is 0.411. The fraction of sp³-hybridized carbons (Fsp3) is 0.381. The van der Waals surface area contributed by atoms with E-state index in [-0.39, 0.29) is 22.5 Å². The minimum atomic E-state index is -4.47. The molecule has 0 saturated heterocycles. The molecule has 29 heavy (non-hydrogen) atoms. The third kappa shape index (κ3) is 6.56. The lowest BCUT2D eigenvalue weighted by Gasteiger charge is -2.23. The number of benzene rings is 2. The van der Waals surface area contributed by atoms with Crippen molar-refractivity contribution in [2.45, 2.75) is 32.5 Å². The largest absolute Gasteiger partial charge is 0.497 e. The van der Waals surface area contributed by atoms with Crippen LogP contribution in [0.1, 0.15) is 25.0 Å². The summed E-state index contributed by atoms with van der Waals surface area (Å²) >= 11 is 5.99. The number of alkyl halides is 3. The number of carbonyl (C=O) groups excluding carboxylic acids is 1. The molecule has 2 aromatic rings. The molecular formula is C21H24ClF3N2O2. The second-order valence-corrected chi connectivity index (χ2v) is 7.35. The van der Waals surface area contributed by atoms with E-state index in [4.69, 9.17) is 16.3 Å². The van der Waals surface area contributed by atoms with Gasteiger partial charge in [-0.1, -0.05) is 37.6 Å². The second kappa shape index (κ2) is 9.87. The predicted octanol–water partition coefficient (Wildman–Crippen LogP) is 5.16. The Balaban J connectivity index is 1.98. The van der Waals surface area contributed by atoms with Crippen LogP contribution >= 0.6 is 11.6 Å².